The number of carbonyl (C=O) groups is 1. The van der Waals surface area contributed by atoms with Gasteiger partial charge in [-0.2, -0.15) is 0 Å². The monoisotopic (exact) mass is 399 g/mol. The van der Waals surface area contributed by atoms with Crippen LogP contribution in [0.15, 0.2) is 66.4 Å². The highest BCUT2D eigenvalue weighted by Gasteiger charge is 2.18. The van der Waals surface area contributed by atoms with Crippen molar-refractivity contribution in [3.05, 3.63) is 83.1 Å². The number of aromatic nitrogens is 1. The SMILES string of the molecule is CCCN(C)C(=O)c1ccc(C(=C2CCNCC2)c2cccc3cccnc23)cc1. The number of benzene rings is 2. The largest absolute Gasteiger partial charge is 0.342 e. The van der Waals surface area contributed by atoms with Gasteiger partial charge >= 0.3 is 0 Å². The fraction of sp³-hybridized carbons (Fsp3) is 0.308. The molecule has 4 nitrogen and oxygen atoms in total. The number of hydrogen-bond acceptors (Lipinski definition) is 3. The van der Waals surface area contributed by atoms with E-state index < -0.39 is 0 Å². The average Bonchev–Trinajstić information content (AvgIpc) is 2.80. The molecule has 2 heterocycles. The molecule has 0 unspecified atom stereocenters. The van der Waals surface area contributed by atoms with Crippen LogP contribution in [0, 0.1) is 0 Å². The summed E-state index contributed by atoms with van der Waals surface area (Å²) in [5.74, 6) is 0.0753. The summed E-state index contributed by atoms with van der Waals surface area (Å²) < 4.78 is 0. The maximum Gasteiger partial charge on any atom is 0.253 e. The highest BCUT2D eigenvalue weighted by atomic mass is 16.2. The summed E-state index contributed by atoms with van der Waals surface area (Å²) in [7, 11) is 1.87. The predicted molar refractivity (Wildman–Crippen MR) is 124 cm³/mol. The number of rotatable bonds is 5. The highest BCUT2D eigenvalue weighted by molar-refractivity contribution is 5.98. The third-order valence-corrected chi connectivity index (χ3v) is 5.79. The first-order valence-electron chi connectivity index (χ1n) is 10.8. The van der Waals surface area contributed by atoms with Crippen LogP contribution in [0.4, 0.5) is 0 Å². The number of nitrogens with zero attached hydrogens (tertiary/aromatic N) is 2. The van der Waals surface area contributed by atoms with Crippen molar-refractivity contribution in [1.29, 1.82) is 0 Å². The van der Waals surface area contributed by atoms with E-state index in [1.807, 2.05) is 31.4 Å². The van der Waals surface area contributed by atoms with E-state index in [-0.39, 0.29) is 5.91 Å². The molecule has 1 saturated heterocycles. The van der Waals surface area contributed by atoms with Crippen molar-refractivity contribution in [2.75, 3.05) is 26.7 Å². The van der Waals surface area contributed by atoms with Crippen LogP contribution in [0.1, 0.15) is 47.7 Å². The minimum atomic E-state index is 0.0753. The average molecular weight is 400 g/mol. The molecule has 4 rings (SSSR count). The van der Waals surface area contributed by atoms with E-state index in [9.17, 15) is 4.79 Å². The summed E-state index contributed by atoms with van der Waals surface area (Å²) in [5.41, 5.74) is 6.81. The number of fused-ring (bicyclic) bond motifs is 1. The van der Waals surface area contributed by atoms with Gasteiger partial charge in [0, 0.05) is 36.3 Å². The lowest BCUT2D eigenvalue weighted by atomic mass is 9.87. The Kier molecular flexibility index (Phi) is 6.24. The summed E-state index contributed by atoms with van der Waals surface area (Å²) in [5, 5.41) is 4.61. The second-order valence-corrected chi connectivity index (χ2v) is 7.91. The van der Waals surface area contributed by atoms with E-state index in [0.29, 0.717) is 0 Å². The zero-order valence-corrected chi connectivity index (χ0v) is 17.8. The lowest BCUT2D eigenvalue weighted by Gasteiger charge is -2.22. The molecule has 1 aliphatic rings. The molecule has 154 valence electrons. The molecule has 0 bridgehead atoms. The number of carbonyl (C=O) groups excluding carboxylic acids is 1. The molecular formula is C26H29N3O. The van der Waals surface area contributed by atoms with Crippen molar-refractivity contribution in [3.8, 4) is 0 Å². The molecule has 0 atom stereocenters. The van der Waals surface area contributed by atoms with Crippen LogP contribution in [0.25, 0.3) is 16.5 Å². The smallest absolute Gasteiger partial charge is 0.253 e. The Labute approximate surface area is 178 Å². The van der Waals surface area contributed by atoms with E-state index in [4.69, 9.17) is 4.98 Å². The number of pyridine rings is 1. The van der Waals surface area contributed by atoms with Gasteiger partial charge in [-0.3, -0.25) is 9.78 Å². The molecular weight excluding hydrogens is 370 g/mol. The number of para-hydroxylation sites is 1. The first-order valence-corrected chi connectivity index (χ1v) is 10.8. The summed E-state index contributed by atoms with van der Waals surface area (Å²) in [6.07, 6.45) is 4.87. The minimum Gasteiger partial charge on any atom is -0.342 e. The Balaban J connectivity index is 1.79. The van der Waals surface area contributed by atoms with Gasteiger partial charge in [0.1, 0.15) is 0 Å². The van der Waals surface area contributed by atoms with Crippen LogP contribution in [0.5, 0.6) is 0 Å². The van der Waals surface area contributed by atoms with Gasteiger partial charge < -0.3 is 10.2 Å². The topological polar surface area (TPSA) is 45.2 Å². The van der Waals surface area contributed by atoms with Gasteiger partial charge in [0.15, 0.2) is 0 Å². The Hall–Kier alpha value is -2.98. The van der Waals surface area contributed by atoms with Crippen LogP contribution in [-0.4, -0.2) is 42.5 Å². The standard InChI is InChI=1S/C26H29N3O/c1-3-18-29(2)26(30)22-11-9-19(10-12-22)24(20-13-16-27-17-14-20)23-8-4-6-21-7-5-15-28-25(21)23/h4-12,15,27H,3,13-14,16-18H2,1-2H3. The van der Waals surface area contributed by atoms with E-state index in [1.165, 1.54) is 16.7 Å². The molecule has 1 amide bonds. The van der Waals surface area contributed by atoms with E-state index >= 15 is 0 Å². The molecule has 0 spiro atoms. The van der Waals surface area contributed by atoms with Crippen molar-refractivity contribution in [3.63, 3.8) is 0 Å². The van der Waals surface area contributed by atoms with Crippen LogP contribution in [-0.2, 0) is 0 Å². The van der Waals surface area contributed by atoms with E-state index in [0.717, 1.165) is 60.9 Å². The molecule has 1 aliphatic heterocycles. The summed E-state index contributed by atoms with van der Waals surface area (Å²) in [6.45, 7) is 4.85. The normalized spacial score (nSPS) is 14.0. The van der Waals surface area contributed by atoms with Gasteiger partial charge in [0.05, 0.1) is 5.52 Å². The van der Waals surface area contributed by atoms with Crippen LogP contribution in [0.3, 0.4) is 0 Å². The second-order valence-electron chi connectivity index (χ2n) is 7.91. The molecule has 0 saturated carbocycles. The van der Waals surface area contributed by atoms with Crippen molar-refractivity contribution >= 4 is 22.4 Å². The van der Waals surface area contributed by atoms with Crippen LogP contribution in [0.2, 0.25) is 0 Å². The van der Waals surface area contributed by atoms with Crippen LogP contribution >= 0.6 is 0 Å². The minimum absolute atomic E-state index is 0.0753. The Morgan fingerprint density at radius 1 is 1.00 bits per heavy atom. The zero-order valence-electron chi connectivity index (χ0n) is 17.8. The Morgan fingerprint density at radius 2 is 1.70 bits per heavy atom. The number of amides is 1. The lowest BCUT2D eigenvalue weighted by molar-refractivity contribution is 0.0795. The maximum atomic E-state index is 12.7. The second kappa shape index (κ2) is 9.23. The van der Waals surface area contributed by atoms with Crippen molar-refractivity contribution in [2.45, 2.75) is 26.2 Å². The quantitative estimate of drug-likeness (QED) is 0.664. The molecule has 2 aromatic carbocycles. The zero-order chi connectivity index (χ0) is 20.9. The molecule has 0 aliphatic carbocycles. The van der Waals surface area contributed by atoms with E-state index in [1.54, 1.807) is 4.90 Å². The Morgan fingerprint density at radius 3 is 2.43 bits per heavy atom. The van der Waals surface area contributed by atoms with Gasteiger partial charge in [0.25, 0.3) is 5.91 Å². The number of nitrogens with one attached hydrogen (secondary N) is 1. The van der Waals surface area contributed by atoms with Crippen LogP contribution < -0.4 is 5.32 Å². The van der Waals surface area contributed by atoms with Gasteiger partial charge in [-0.1, -0.05) is 48.9 Å². The Bertz CT molecular complexity index is 1060. The first-order chi connectivity index (χ1) is 14.7. The summed E-state index contributed by atoms with van der Waals surface area (Å²) >= 11 is 0. The molecule has 30 heavy (non-hydrogen) atoms. The van der Waals surface area contributed by atoms with Gasteiger partial charge in [-0.25, -0.2) is 0 Å². The fourth-order valence-corrected chi connectivity index (χ4v) is 4.27. The third-order valence-electron chi connectivity index (χ3n) is 5.79. The maximum absolute atomic E-state index is 12.7. The van der Waals surface area contributed by atoms with Gasteiger partial charge in [-0.15, -0.1) is 0 Å². The van der Waals surface area contributed by atoms with Crippen molar-refractivity contribution < 1.29 is 4.79 Å². The van der Waals surface area contributed by atoms with Crippen molar-refractivity contribution in [1.82, 2.24) is 15.2 Å². The first kappa shape index (κ1) is 20.3. The van der Waals surface area contributed by atoms with E-state index in [2.05, 4.69) is 48.6 Å². The molecule has 3 aromatic rings. The molecule has 1 fully saturated rings. The third kappa shape index (κ3) is 4.14. The highest BCUT2D eigenvalue weighted by Crippen LogP contribution is 2.34. The number of piperidine rings is 1. The molecule has 1 aromatic heterocycles. The van der Waals surface area contributed by atoms with Gasteiger partial charge in [-0.05, 0) is 61.7 Å². The molecule has 4 heteroatoms. The number of hydrogen-bond donors (Lipinski definition) is 1. The fourth-order valence-electron chi connectivity index (χ4n) is 4.27. The molecule has 1 N–H and O–H groups in total. The lowest BCUT2D eigenvalue weighted by Crippen LogP contribution is -2.27. The summed E-state index contributed by atoms with van der Waals surface area (Å²) in [6, 6.07) is 18.6. The predicted octanol–water partition coefficient (Wildman–Crippen LogP) is 4.90. The summed E-state index contributed by atoms with van der Waals surface area (Å²) in [4.78, 5) is 19.1. The molecule has 0 radical (unpaired) electrons. The van der Waals surface area contributed by atoms with Gasteiger partial charge in [0.2, 0.25) is 0 Å². The van der Waals surface area contributed by atoms with Crippen molar-refractivity contribution in [2.24, 2.45) is 0 Å².